The lowest BCUT2D eigenvalue weighted by Gasteiger charge is -2.34. The van der Waals surface area contributed by atoms with Crippen LogP contribution in [0.1, 0.15) is 31.4 Å². The van der Waals surface area contributed by atoms with Crippen LogP contribution in [-0.2, 0) is 9.59 Å². The van der Waals surface area contributed by atoms with Gasteiger partial charge in [-0.1, -0.05) is 30.3 Å². The minimum atomic E-state index is -0.514. The van der Waals surface area contributed by atoms with E-state index in [0.29, 0.717) is 6.54 Å². The number of nitrogens with zero attached hydrogens (tertiary/aromatic N) is 2. The molecule has 0 bridgehead atoms. The number of aliphatic hydroxyl groups is 1. The summed E-state index contributed by atoms with van der Waals surface area (Å²) >= 11 is 0. The van der Waals surface area contributed by atoms with Gasteiger partial charge in [0.25, 0.3) is 0 Å². The summed E-state index contributed by atoms with van der Waals surface area (Å²) in [5, 5.41) is 13.3. The highest BCUT2D eigenvalue weighted by Crippen LogP contribution is 2.30. The predicted octanol–water partition coefficient (Wildman–Crippen LogP) is 1.02. The number of hydrogen-bond acceptors (Lipinski definition) is 4. The zero-order chi connectivity index (χ0) is 18.4. The summed E-state index contributed by atoms with van der Waals surface area (Å²) in [6, 6.07) is 9.21. The second-order valence-corrected chi connectivity index (χ2v) is 6.99. The first-order chi connectivity index (χ1) is 11.9. The highest BCUT2D eigenvalue weighted by molar-refractivity contribution is 5.87. The summed E-state index contributed by atoms with van der Waals surface area (Å²) in [7, 11) is 3.35. The molecule has 2 atom stereocenters. The molecule has 2 unspecified atom stereocenters. The van der Waals surface area contributed by atoms with E-state index in [2.05, 4.69) is 10.2 Å². The van der Waals surface area contributed by atoms with Crippen LogP contribution in [-0.4, -0.2) is 66.5 Å². The number of hydrogen-bond donors (Lipinski definition) is 2. The molecular weight excluding hydrogens is 318 g/mol. The van der Waals surface area contributed by atoms with Gasteiger partial charge < -0.3 is 15.3 Å². The second-order valence-electron chi connectivity index (χ2n) is 6.99. The Labute approximate surface area is 149 Å². The van der Waals surface area contributed by atoms with E-state index < -0.39 is 12.1 Å². The van der Waals surface area contributed by atoms with Crippen molar-refractivity contribution in [3.63, 3.8) is 0 Å². The van der Waals surface area contributed by atoms with E-state index in [1.54, 1.807) is 21.0 Å². The smallest absolute Gasteiger partial charge is 0.244 e. The molecule has 0 saturated carbocycles. The summed E-state index contributed by atoms with van der Waals surface area (Å²) < 4.78 is 0. The SMILES string of the molecule is CC(NC(=O)CN1CCC(C(O)c2ccccc2)CC1)C(=O)N(C)C. The Morgan fingerprint density at radius 2 is 1.84 bits per heavy atom. The Bertz CT molecular complexity index is 569. The first-order valence-electron chi connectivity index (χ1n) is 8.84. The fraction of sp³-hybridized carbons (Fsp3) is 0.579. The van der Waals surface area contributed by atoms with E-state index in [1.165, 1.54) is 4.90 Å². The Morgan fingerprint density at radius 1 is 1.24 bits per heavy atom. The van der Waals surface area contributed by atoms with Gasteiger partial charge in [-0.3, -0.25) is 14.5 Å². The average molecular weight is 347 g/mol. The van der Waals surface area contributed by atoms with E-state index in [1.807, 2.05) is 30.3 Å². The zero-order valence-corrected chi connectivity index (χ0v) is 15.3. The van der Waals surface area contributed by atoms with Crippen LogP contribution >= 0.6 is 0 Å². The molecule has 1 aliphatic rings. The van der Waals surface area contributed by atoms with Gasteiger partial charge >= 0.3 is 0 Å². The van der Waals surface area contributed by atoms with E-state index in [4.69, 9.17) is 0 Å². The number of likely N-dealkylation sites (N-methyl/N-ethyl adjacent to an activating group) is 1. The Hall–Kier alpha value is -1.92. The van der Waals surface area contributed by atoms with Gasteiger partial charge in [-0.25, -0.2) is 0 Å². The molecule has 2 N–H and O–H groups in total. The van der Waals surface area contributed by atoms with Gasteiger partial charge in [-0.2, -0.15) is 0 Å². The molecule has 0 radical (unpaired) electrons. The van der Waals surface area contributed by atoms with Gasteiger partial charge in [-0.15, -0.1) is 0 Å². The van der Waals surface area contributed by atoms with Crippen LogP contribution in [0.25, 0.3) is 0 Å². The molecule has 2 rings (SSSR count). The third-order valence-electron chi connectivity index (χ3n) is 4.78. The van der Waals surface area contributed by atoms with Gasteiger partial charge in [0.1, 0.15) is 6.04 Å². The normalized spacial score (nSPS) is 18.4. The molecule has 0 aliphatic carbocycles. The minimum Gasteiger partial charge on any atom is -0.388 e. The number of amides is 2. The highest BCUT2D eigenvalue weighted by Gasteiger charge is 2.27. The monoisotopic (exact) mass is 347 g/mol. The molecule has 6 nitrogen and oxygen atoms in total. The topological polar surface area (TPSA) is 72.9 Å². The van der Waals surface area contributed by atoms with Crippen molar-refractivity contribution in [2.24, 2.45) is 5.92 Å². The maximum Gasteiger partial charge on any atom is 0.244 e. The van der Waals surface area contributed by atoms with E-state index >= 15 is 0 Å². The molecule has 1 aromatic rings. The lowest BCUT2D eigenvalue weighted by Crippen LogP contribution is -2.48. The molecule has 25 heavy (non-hydrogen) atoms. The van der Waals surface area contributed by atoms with Gasteiger partial charge in [0.15, 0.2) is 0 Å². The van der Waals surface area contributed by atoms with Crippen LogP contribution < -0.4 is 5.32 Å². The van der Waals surface area contributed by atoms with Gasteiger partial charge in [0.2, 0.25) is 11.8 Å². The zero-order valence-electron chi connectivity index (χ0n) is 15.3. The van der Waals surface area contributed by atoms with Crippen LogP contribution in [0.15, 0.2) is 30.3 Å². The molecule has 1 fully saturated rings. The molecule has 1 saturated heterocycles. The number of likely N-dealkylation sites (tertiary alicyclic amines) is 1. The van der Waals surface area contributed by atoms with Crippen molar-refractivity contribution in [1.82, 2.24) is 15.1 Å². The molecular formula is C19H29N3O3. The quantitative estimate of drug-likeness (QED) is 0.806. The summed E-state index contributed by atoms with van der Waals surface area (Å²) in [4.78, 5) is 27.5. The third kappa shape index (κ3) is 5.54. The number of piperidine rings is 1. The van der Waals surface area contributed by atoms with Crippen LogP contribution in [0.3, 0.4) is 0 Å². The number of nitrogens with one attached hydrogen (secondary N) is 1. The van der Waals surface area contributed by atoms with Crippen molar-refractivity contribution >= 4 is 11.8 Å². The summed E-state index contributed by atoms with van der Waals surface area (Å²) in [6.07, 6.45) is 1.26. The fourth-order valence-electron chi connectivity index (χ4n) is 3.29. The standard InChI is InChI=1S/C19H29N3O3/c1-14(19(25)21(2)3)20-17(23)13-22-11-9-16(10-12-22)18(24)15-7-5-4-6-8-15/h4-8,14,16,18,24H,9-13H2,1-3H3,(H,20,23). The van der Waals surface area contributed by atoms with Crippen molar-refractivity contribution in [3.8, 4) is 0 Å². The maximum atomic E-state index is 12.1. The van der Waals surface area contributed by atoms with Crippen molar-refractivity contribution in [2.45, 2.75) is 31.9 Å². The first-order valence-corrected chi connectivity index (χ1v) is 8.84. The van der Waals surface area contributed by atoms with E-state index in [9.17, 15) is 14.7 Å². The first kappa shape index (κ1) is 19.4. The lowest BCUT2D eigenvalue weighted by molar-refractivity contribution is -0.134. The molecule has 138 valence electrons. The van der Waals surface area contributed by atoms with Crippen LogP contribution in [0.5, 0.6) is 0 Å². The van der Waals surface area contributed by atoms with E-state index in [-0.39, 0.29) is 17.7 Å². The van der Waals surface area contributed by atoms with E-state index in [0.717, 1.165) is 31.5 Å². The van der Waals surface area contributed by atoms with Crippen LogP contribution in [0, 0.1) is 5.92 Å². The predicted molar refractivity (Wildman–Crippen MR) is 96.9 cm³/mol. The molecule has 2 amide bonds. The Morgan fingerprint density at radius 3 is 2.40 bits per heavy atom. The second kappa shape index (κ2) is 8.97. The van der Waals surface area contributed by atoms with Gasteiger partial charge in [0.05, 0.1) is 12.6 Å². The van der Waals surface area contributed by atoms with Gasteiger partial charge in [0, 0.05) is 14.1 Å². The molecule has 0 aromatic heterocycles. The Kier molecular flexibility index (Phi) is 6.96. The average Bonchev–Trinajstić information content (AvgIpc) is 2.61. The number of aliphatic hydroxyl groups excluding tert-OH is 1. The highest BCUT2D eigenvalue weighted by atomic mass is 16.3. The summed E-state index contributed by atoms with van der Waals surface area (Å²) in [5.74, 6) is -0.0289. The van der Waals surface area contributed by atoms with Crippen molar-refractivity contribution in [3.05, 3.63) is 35.9 Å². The maximum absolute atomic E-state index is 12.1. The van der Waals surface area contributed by atoms with Gasteiger partial charge in [-0.05, 0) is 44.3 Å². The fourth-order valence-corrected chi connectivity index (χ4v) is 3.29. The van der Waals surface area contributed by atoms with Crippen molar-refractivity contribution in [1.29, 1.82) is 0 Å². The molecule has 1 aliphatic heterocycles. The number of benzene rings is 1. The van der Waals surface area contributed by atoms with Crippen LogP contribution in [0.2, 0.25) is 0 Å². The number of rotatable bonds is 6. The molecule has 0 spiro atoms. The minimum absolute atomic E-state index is 0.113. The molecule has 1 heterocycles. The van der Waals surface area contributed by atoms with Crippen LogP contribution in [0.4, 0.5) is 0 Å². The summed E-state index contributed by atoms with van der Waals surface area (Å²) in [6.45, 7) is 3.54. The Balaban J connectivity index is 1.76. The van der Waals surface area contributed by atoms with Crippen molar-refractivity contribution < 1.29 is 14.7 Å². The molecule has 6 heteroatoms. The number of carbonyl (C=O) groups is 2. The number of carbonyl (C=O) groups excluding carboxylic acids is 2. The summed E-state index contributed by atoms with van der Waals surface area (Å²) in [5.41, 5.74) is 0.953. The van der Waals surface area contributed by atoms with Crippen molar-refractivity contribution in [2.75, 3.05) is 33.7 Å². The lowest BCUT2D eigenvalue weighted by atomic mass is 9.87. The third-order valence-corrected chi connectivity index (χ3v) is 4.78. The largest absolute Gasteiger partial charge is 0.388 e. The molecule has 1 aromatic carbocycles.